The second-order valence-corrected chi connectivity index (χ2v) is 4.58. The van der Waals surface area contributed by atoms with E-state index in [9.17, 15) is 0 Å². The molecule has 2 aromatic rings. The maximum Gasteiger partial charge on any atom is 0.230 e. The van der Waals surface area contributed by atoms with Crippen LogP contribution in [0.25, 0.3) is 0 Å². The first kappa shape index (κ1) is 10.5. The highest BCUT2D eigenvalue weighted by molar-refractivity contribution is 9.10. The molecule has 0 fully saturated rings. The fourth-order valence-corrected chi connectivity index (χ4v) is 2.17. The molecule has 0 N–H and O–H groups in total. The summed E-state index contributed by atoms with van der Waals surface area (Å²) in [6, 6.07) is 7.77. The highest BCUT2D eigenvalue weighted by atomic mass is 79.9. The molecule has 0 spiro atoms. The van der Waals surface area contributed by atoms with Crippen LogP contribution in [-0.4, -0.2) is 23.1 Å². The molecule has 4 nitrogen and oxygen atoms in total. The van der Waals surface area contributed by atoms with Gasteiger partial charge in [0.05, 0.1) is 12.2 Å². The molecule has 1 aromatic heterocycles. The van der Waals surface area contributed by atoms with Crippen molar-refractivity contribution in [3.63, 3.8) is 0 Å². The standard InChI is InChI=1S/C12H10BrN3O/c13-9-2-3-10-11(8-9)17-7-6-16(10)12-14-4-1-5-15-12/h1-5,8H,6-7H2. The molecule has 0 bridgehead atoms. The lowest BCUT2D eigenvalue weighted by Gasteiger charge is -2.29. The summed E-state index contributed by atoms with van der Waals surface area (Å²) in [6.07, 6.45) is 3.49. The van der Waals surface area contributed by atoms with Crippen LogP contribution >= 0.6 is 15.9 Å². The third-order valence-corrected chi connectivity index (χ3v) is 3.07. The quantitative estimate of drug-likeness (QED) is 0.810. The first-order valence-corrected chi connectivity index (χ1v) is 6.11. The Hall–Kier alpha value is -1.62. The average molecular weight is 292 g/mol. The molecule has 0 saturated carbocycles. The summed E-state index contributed by atoms with van der Waals surface area (Å²) in [7, 11) is 0. The second kappa shape index (κ2) is 4.33. The van der Waals surface area contributed by atoms with Crippen LogP contribution in [-0.2, 0) is 0 Å². The fourth-order valence-electron chi connectivity index (χ4n) is 1.83. The fraction of sp³-hybridized carbons (Fsp3) is 0.167. The van der Waals surface area contributed by atoms with Crippen LogP contribution in [0.3, 0.4) is 0 Å². The molecule has 17 heavy (non-hydrogen) atoms. The van der Waals surface area contributed by atoms with Gasteiger partial charge in [-0.1, -0.05) is 15.9 Å². The van der Waals surface area contributed by atoms with Gasteiger partial charge in [-0.05, 0) is 24.3 Å². The molecule has 1 aliphatic rings. The molecule has 0 radical (unpaired) electrons. The summed E-state index contributed by atoms with van der Waals surface area (Å²) in [6.45, 7) is 1.40. The molecule has 0 atom stereocenters. The monoisotopic (exact) mass is 291 g/mol. The molecule has 5 heteroatoms. The maximum absolute atomic E-state index is 5.63. The lowest BCUT2D eigenvalue weighted by Crippen LogP contribution is -2.29. The van der Waals surface area contributed by atoms with Gasteiger partial charge in [0.15, 0.2) is 0 Å². The summed E-state index contributed by atoms with van der Waals surface area (Å²) in [4.78, 5) is 10.6. The van der Waals surface area contributed by atoms with Crippen LogP contribution in [0.5, 0.6) is 5.75 Å². The molecule has 0 amide bonds. The number of anilines is 2. The molecule has 1 aliphatic heterocycles. The van der Waals surface area contributed by atoms with Crippen molar-refractivity contribution in [1.29, 1.82) is 0 Å². The summed E-state index contributed by atoms with van der Waals surface area (Å²) < 4.78 is 6.64. The first-order valence-electron chi connectivity index (χ1n) is 5.31. The number of aromatic nitrogens is 2. The van der Waals surface area contributed by atoms with Gasteiger partial charge in [-0.15, -0.1) is 0 Å². The minimum atomic E-state index is 0.641. The predicted molar refractivity (Wildman–Crippen MR) is 68.7 cm³/mol. The summed E-state index contributed by atoms with van der Waals surface area (Å²) in [5.41, 5.74) is 1.01. The van der Waals surface area contributed by atoms with Gasteiger partial charge in [0.2, 0.25) is 5.95 Å². The molecular weight excluding hydrogens is 282 g/mol. The number of rotatable bonds is 1. The van der Waals surface area contributed by atoms with E-state index in [0.717, 1.165) is 22.5 Å². The van der Waals surface area contributed by atoms with Crippen LogP contribution in [0.2, 0.25) is 0 Å². The van der Waals surface area contributed by atoms with Gasteiger partial charge in [-0.25, -0.2) is 9.97 Å². The van der Waals surface area contributed by atoms with Crippen LogP contribution < -0.4 is 9.64 Å². The van der Waals surface area contributed by atoms with E-state index in [1.165, 1.54) is 0 Å². The Bertz CT molecular complexity index is 533. The van der Waals surface area contributed by atoms with Gasteiger partial charge >= 0.3 is 0 Å². The average Bonchev–Trinajstić information content (AvgIpc) is 2.39. The highest BCUT2D eigenvalue weighted by Crippen LogP contribution is 2.36. The number of benzene rings is 1. The van der Waals surface area contributed by atoms with E-state index in [2.05, 4.69) is 30.8 Å². The number of fused-ring (bicyclic) bond motifs is 1. The Morgan fingerprint density at radius 2 is 2.06 bits per heavy atom. The zero-order valence-corrected chi connectivity index (χ0v) is 10.6. The van der Waals surface area contributed by atoms with E-state index in [1.54, 1.807) is 12.4 Å². The number of halogens is 1. The summed E-state index contributed by atoms with van der Waals surface area (Å²) in [5, 5.41) is 0. The van der Waals surface area contributed by atoms with Crippen LogP contribution in [0, 0.1) is 0 Å². The molecule has 1 aromatic carbocycles. The molecule has 86 valence electrons. The maximum atomic E-state index is 5.63. The molecule has 3 rings (SSSR count). The van der Waals surface area contributed by atoms with Gasteiger partial charge in [0.25, 0.3) is 0 Å². The Labute approximate surface area is 107 Å². The van der Waals surface area contributed by atoms with E-state index in [1.807, 2.05) is 24.3 Å². The largest absolute Gasteiger partial charge is 0.489 e. The summed E-state index contributed by atoms with van der Waals surface area (Å²) in [5.74, 6) is 1.57. The molecular formula is C12H10BrN3O. The number of hydrogen-bond acceptors (Lipinski definition) is 4. The van der Waals surface area contributed by atoms with E-state index in [4.69, 9.17) is 4.74 Å². The zero-order chi connectivity index (χ0) is 11.7. The Morgan fingerprint density at radius 3 is 2.88 bits per heavy atom. The van der Waals surface area contributed by atoms with Crippen molar-refractivity contribution in [3.8, 4) is 5.75 Å². The number of hydrogen-bond donors (Lipinski definition) is 0. The van der Waals surface area contributed by atoms with Gasteiger partial charge in [-0.2, -0.15) is 0 Å². The lowest BCUT2D eigenvalue weighted by atomic mass is 10.2. The van der Waals surface area contributed by atoms with Crippen LogP contribution in [0.1, 0.15) is 0 Å². The third kappa shape index (κ3) is 1.98. The highest BCUT2D eigenvalue weighted by Gasteiger charge is 2.21. The normalized spacial score (nSPS) is 14.1. The van der Waals surface area contributed by atoms with Crippen molar-refractivity contribution >= 4 is 27.6 Å². The third-order valence-electron chi connectivity index (χ3n) is 2.58. The molecule has 0 saturated heterocycles. The molecule has 2 heterocycles. The van der Waals surface area contributed by atoms with Gasteiger partial charge in [0, 0.05) is 16.9 Å². The van der Waals surface area contributed by atoms with Gasteiger partial charge < -0.3 is 9.64 Å². The van der Waals surface area contributed by atoms with E-state index in [-0.39, 0.29) is 0 Å². The Balaban J connectivity index is 2.06. The van der Waals surface area contributed by atoms with E-state index < -0.39 is 0 Å². The van der Waals surface area contributed by atoms with Gasteiger partial charge in [-0.3, -0.25) is 0 Å². The summed E-state index contributed by atoms with van der Waals surface area (Å²) >= 11 is 3.44. The lowest BCUT2D eigenvalue weighted by molar-refractivity contribution is 0.313. The van der Waals surface area contributed by atoms with Crippen molar-refractivity contribution in [2.45, 2.75) is 0 Å². The minimum Gasteiger partial charge on any atom is -0.489 e. The van der Waals surface area contributed by atoms with Crippen molar-refractivity contribution in [1.82, 2.24) is 9.97 Å². The van der Waals surface area contributed by atoms with E-state index in [0.29, 0.717) is 12.6 Å². The first-order chi connectivity index (χ1) is 8.34. The topological polar surface area (TPSA) is 38.2 Å². The number of ether oxygens (including phenoxy) is 1. The van der Waals surface area contributed by atoms with Crippen molar-refractivity contribution in [2.75, 3.05) is 18.1 Å². The smallest absolute Gasteiger partial charge is 0.230 e. The molecule has 0 aliphatic carbocycles. The second-order valence-electron chi connectivity index (χ2n) is 3.66. The van der Waals surface area contributed by atoms with Crippen molar-refractivity contribution in [3.05, 3.63) is 41.1 Å². The number of nitrogens with zero attached hydrogens (tertiary/aromatic N) is 3. The Kier molecular flexibility index (Phi) is 2.68. The van der Waals surface area contributed by atoms with Gasteiger partial charge in [0.1, 0.15) is 12.4 Å². The predicted octanol–water partition coefficient (Wildman–Crippen LogP) is 2.77. The van der Waals surface area contributed by atoms with Crippen molar-refractivity contribution in [2.24, 2.45) is 0 Å². The van der Waals surface area contributed by atoms with Crippen LogP contribution in [0.15, 0.2) is 41.1 Å². The Morgan fingerprint density at radius 1 is 1.24 bits per heavy atom. The van der Waals surface area contributed by atoms with Crippen molar-refractivity contribution < 1.29 is 4.74 Å². The van der Waals surface area contributed by atoms with E-state index >= 15 is 0 Å². The van der Waals surface area contributed by atoms with Crippen LogP contribution in [0.4, 0.5) is 11.6 Å². The zero-order valence-electron chi connectivity index (χ0n) is 9.01. The minimum absolute atomic E-state index is 0.641. The molecule has 0 unspecified atom stereocenters. The SMILES string of the molecule is Brc1ccc2c(c1)OCCN2c1ncccn1.